The molecule has 0 radical (unpaired) electrons. The Balaban J connectivity index is 1.64. The highest BCUT2D eigenvalue weighted by Crippen LogP contribution is 2.22. The molecular formula is C14H17ClN4O2S2. The number of halogens is 1. The van der Waals surface area contributed by atoms with E-state index in [0.717, 1.165) is 11.4 Å². The van der Waals surface area contributed by atoms with Crippen LogP contribution in [0.25, 0.3) is 0 Å². The Kier molecular flexibility index (Phi) is 4.88. The first-order valence-corrected chi connectivity index (χ1v) is 9.77. The maximum absolute atomic E-state index is 12.6. The summed E-state index contributed by atoms with van der Waals surface area (Å²) in [6.45, 7) is 3.03. The minimum absolute atomic E-state index is 0.244. The standard InChI is InChI=1S/C14H17ClN4O2S2/c15-11-2-1-3-13(8-11)23(20,21)19-6-4-18(5-7-19)10-12-9-17-14(16)22-12/h1-3,8-9H,4-7,10H2,(H2,16,17). The molecule has 124 valence electrons. The van der Waals surface area contributed by atoms with Crippen molar-refractivity contribution in [2.75, 3.05) is 31.9 Å². The number of nitrogens with two attached hydrogens (primary N) is 1. The molecule has 6 nitrogen and oxygen atoms in total. The normalized spacial score (nSPS) is 17.4. The number of rotatable bonds is 4. The Morgan fingerprint density at radius 3 is 2.61 bits per heavy atom. The van der Waals surface area contributed by atoms with Gasteiger partial charge in [-0.1, -0.05) is 17.7 Å². The molecule has 1 aromatic heterocycles. The third-order valence-electron chi connectivity index (χ3n) is 3.72. The van der Waals surface area contributed by atoms with Gasteiger partial charge < -0.3 is 5.73 Å². The van der Waals surface area contributed by atoms with Crippen molar-refractivity contribution >= 4 is 38.1 Å². The van der Waals surface area contributed by atoms with E-state index in [1.165, 1.54) is 21.7 Å². The van der Waals surface area contributed by atoms with Crippen LogP contribution in [0.5, 0.6) is 0 Å². The number of hydrogen-bond acceptors (Lipinski definition) is 6. The minimum Gasteiger partial charge on any atom is -0.375 e. The van der Waals surface area contributed by atoms with Crippen molar-refractivity contribution < 1.29 is 8.42 Å². The Bertz CT molecular complexity index is 786. The number of nitrogens with zero attached hydrogens (tertiary/aromatic N) is 3. The minimum atomic E-state index is -3.48. The fourth-order valence-corrected chi connectivity index (χ4v) is 4.97. The van der Waals surface area contributed by atoms with Gasteiger partial charge in [0.1, 0.15) is 0 Å². The van der Waals surface area contributed by atoms with E-state index in [-0.39, 0.29) is 4.90 Å². The average Bonchev–Trinajstić information content (AvgIpc) is 2.93. The van der Waals surface area contributed by atoms with Crippen molar-refractivity contribution in [2.45, 2.75) is 11.4 Å². The number of aromatic nitrogens is 1. The second kappa shape index (κ2) is 6.74. The van der Waals surface area contributed by atoms with Crippen LogP contribution >= 0.6 is 22.9 Å². The van der Waals surface area contributed by atoms with Gasteiger partial charge in [0.2, 0.25) is 10.0 Å². The Morgan fingerprint density at radius 2 is 2.00 bits per heavy atom. The molecule has 0 unspecified atom stereocenters. The van der Waals surface area contributed by atoms with E-state index in [9.17, 15) is 8.42 Å². The molecule has 0 aliphatic carbocycles. The van der Waals surface area contributed by atoms with Crippen molar-refractivity contribution in [3.05, 3.63) is 40.4 Å². The van der Waals surface area contributed by atoms with Crippen LogP contribution in [-0.2, 0) is 16.6 Å². The van der Waals surface area contributed by atoms with Crippen molar-refractivity contribution in [3.8, 4) is 0 Å². The Hall–Kier alpha value is -1.19. The number of benzene rings is 1. The fraction of sp³-hybridized carbons (Fsp3) is 0.357. The SMILES string of the molecule is Nc1ncc(CN2CCN(S(=O)(=O)c3cccc(Cl)c3)CC2)s1. The smallest absolute Gasteiger partial charge is 0.243 e. The predicted octanol–water partition coefficient (Wildman–Crippen LogP) is 1.89. The highest BCUT2D eigenvalue weighted by molar-refractivity contribution is 7.89. The molecule has 1 fully saturated rings. The van der Waals surface area contributed by atoms with Crippen LogP contribution in [-0.4, -0.2) is 48.8 Å². The van der Waals surface area contributed by atoms with Gasteiger partial charge in [-0.2, -0.15) is 4.31 Å². The van der Waals surface area contributed by atoms with E-state index >= 15 is 0 Å². The van der Waals surface area contributed by atoms with Gasteiger partial charge in [0.15, 0.2) is 5.13 Å². The van der Waals surface area contributed by atoms with Crippen LogP contribution in [0.3, 0.4) is 0 Å². The zero-order chi connectivity index (χ0) is 16.4. The molecule has 1 aliphatic rings. The summed E-state index contributed by atoms with van der Waals surface area (Å²) in [5.74, 6) is 0. The molecule has 23 heavy (non-hydrogen) atoms. The average molecular weight is 373 g/mol. The lowest BCUT2D eigenvalue weighted by molar-refractivity contribution is 0.183. The van der Waals surface area contributed by atoms with Crippen LogP contribution in [0.15, 0.2) is 35.4 Å². The number of thiazole rings is 1. The lowest BCUT2D eigenvalue weighted by atomic mass is 10.3. The number of hydrogen-bond donors (Lipinski definition) is 1. The highest BCUT2D eigenvalue weighted by atomic mass is 35.5. The Labute approximate surface area is 144 Å². The van der Waals surface area contributed by atoms with Crippen molar-refractivity contribution in [1.82, 2.24) is 14.2 Å². The molecule has 9 heteroatoms. The number of piperazine rings is 1. The molecular weight excluding hydrogens is 356 g/mol. The zero-order valence-electron chi connectivity index (χ0n) is 12.4. The first-order chi connectivity index (χ1) is 10.9. The van der Waals surface area contributed by atoms with Crippen LogP contribution in [0.2, 0.25) is 5.02 Å². The molecule has 1 saturated heterocycles. The summed E-state index contributed by atoms with van der Waals surface area (Å²) >= 11 is 7.36. The molecule has 0 bridgehead atoms. The molecule has 0 saturated carbocycles. The molecule has 1 aliphatic heterocycles. The predicted molar refractivity (Wildman–Crippen MR) is 92.0 cm³/mol. The Morgan fingerprint density at radius 1 is 1.26 bits per heavy atom. The summed E-state index contributed by atoms with van der Waals surface area (Å²) in [7, 11) is -3.48. The van der Waals surface area contributed by atoms with Gasteiger partial charge in [0.05, 0.1) is 4.90 Å². The molecule has 2 heterocycles. The van der Waals surface area contributed by atoms with Gasteiger partial charge in [-0.25, -0.2) is 13.4 Å². The maximum Gasteiger partial charge on any atom is 0.243 e. The second-order valence-corrected chi connectivity index (χ2v) is 8.82. The monoisotopic (exact) mass is 372 g/mol. The van der Waals surface area contributed by atoms with E-state index in [1.807, 2.05) is 0 Å². The topological polar surface area (TPSA) is 79.5 Å². The zero-order valence-corrected chi connectivity index (χ0v) is 14.7. The van der Waals surface area contributed by atoms with E-state index in [2.05, 4.69) is 9.88 Å². The summed E-state index contributed by atoms with van der Waals surface area (Å²) in [6, 6.07) is 6.38. The molecule has 3 rings (SSSR count). The van der Waals surface area contributed by atoms with Crippen LogP contribution in [0.1, 0.15) is 4.88 Å². The quantitative estimate of drug-likeness (QED) is 0.886. The van der Waals surface area contributed by atoms with Gasteiger partial charge in [0.25, 0.3) is 0 Å². The van der Waals surface area contributed by atoms with Gasteiger partial charge in [-0.05, 0) is 18.2 Å². The molecule has 0 spiro atoms. The van der Waals surface area contributed by atoms with Crippen LogP contribution < -0.4 is 5.73 Å². The van der Waals surface area contributed by atoms with Gasteiger partial charge >= 0.3 is 0 Å². The second-order valence-electron chi connectivity index (χ2n) is 5.30. The van der Waals surface area contributed by atoms with Crippen molar-refractivity contribution in [3.63, 3.8) is 0 Å². The summed E-state index contributed by atoms with van der Waals surface area (Å²) in [6.07, 6.45) is 1.77. The number of anilines is 1. The third-order valence-corrected chi connectivity index (χ3v) is 6.66. The maximum atomic E-state index is 12.6. The van der Waals surface area contributed by atoms with Gasteiger partial charge in [-0.15, -0.1) is 11.3 Å². The van der Waals surface area contributed by atoms with E-state index in [4.69, 9.17) is 17.3 Å². The largest absolute Gasteiger partial charge is 0.375 e. The summed E-state index contributed by atoms with van der Waals surface area (Å²) in [5.41, 5.74) is 5.63. The van der Waals surface area contributed by atoms with Crippen LogP contribution in [0.4, 0.5) is 5.13 Å². The van der Waals surface area contributed by atoms with Crippen molar-refractivity contribution in [1.29, 1.82) is 0 Å². The summed E-state index contributed by atoms with van der Waals surface area (Å²) in [5, 5.41) is 0.981. The van der Waals surface area contributed by atoms with E-state index < -0.39 is 10.0 Å². The molecule has 2 N–H and O–H groups in total. The lowest BCUT2D eigenvalue weighted by Gasteiger charge is -2.33. The number of nitrogen functional groups attached to an aromatic ring is 1. The third kappa shape index (κ3) is 3.84. The van der Waals surface area contributed by atoms with Crippen LogP contribution in [0, 0.1) is 0 Å². The van der Waals surface area contributed by atoms with E-state index in [1.54, 1.807) is 24.4 Å². The molecule has 2 aromatic rings. The first-order valence-electron chi connectivity index (χ1n) is 7.13. The van der Waals surface area contributed by atoms with Gasteiger partial charge in [-0.3, -0.25) is 4.90 Å². The molecule has 0 amide bonds. The fourth-order valence-electron chi connectivity index (χ4n) is 2.52. The highest BCUT2D eigenvalue weighted by Gasteiger charge is 2.28. The lowest BCUT2D eigenvalue weighted by Crippen LogP contribution is -2.48. The van der Waals surface area contributed by atoms with Crippen molar-refractivity contribution in [2.24, 2.45) is 0 Å². The number of sulfonamides is 1. The first kappa shape index (κ1) is 16.7. The summed E-state index contributed by atoms with van der Waals surface area (Å²) in [4.78, 5) is 7.58. The summed E-state index contributed by atoms with van der Waals surface area (Å²) < 4.78 is 26.8. The molecule has 1 aromatic carbocycles. The van der Waals surface area contributed by atoms with Gasteiger partial charge in [0, 0.05) is 48.8 Å². The van der Waals surface area contributed by atoms with E-state index in [0.29, 0.717) is 36.3 Å². The molecule has 0 atom stereocenters.